The largest absolute Gasteiger partial charge is 0.463 e. The molecule has 1 amide bonds. The lowest BCUT2D eigenvalue weighted by Gasteiger charge is -2.34. The molecule has 0 fully saturated rings. The van der Waals surface area contributed by atoms with Crippen molar-refractivity contribution in [2.75, 3.05) is 13.7 Å². The van der Waals surface area contributed by atoms with Crippen LogP contribution in [0.3, 0.4) is 0 Å². The van der Waals surface area contributed by atoms with Gasteiger partial charge in [0.15, 0.2) is 0 Å². The van der Waals surface area contributed by atoms with Crippen LogP contribution < -0.4 is 0 Å². The summed E-state index contributed by atoms with van der Waals surface area (Å²) in [4.78, 5) is 39.4. The van der Waals surface area contributed by atoms with Gasteiger partial charge in [-0.3, -0.25) is 4.79 Å². The van der Waals surface area contributed by atoms with Crippen LogP contribution in [-0.2, 0) is 25.6 Å². The first kappa shape index (κ1) is 23.3. The van der Waals surface area contributed by atoms with E-state index < -0.39 is 11.9 Å². The van der Waals surface area contributed by atoms with Gasteiger partial charge in [0.2, 0.25) is 11.7 Å². The number of hydrogen-bond acceptors (Lipinski definition) is 6. The summed E-state index contributed by atoms with van der Waals surface area (Å²) < 4.78 is 15.8. The third kappa shape index (κ3) is 5.10. The van der Waals surface area contributed by atoms with Gasteiger partial charge in [-0.2, -0.15) is 0 Å². The van der Waals surface area contributed by atoms with E-state index in [0.29, 0.717) is 23.6 Å². The van der Waals surface area contributed by atoms with Crippen LogP contribution in [0.25, 0.3) is 0 Å². The van der Waals surface area contributed by atoms with Crippen LogP contribution in [0.4, 0.5) is 0 Å². The third-order valence-electron chi connectivity index (χ3n) is 5.40. The molecule has 7 heteroatoms. The maximum Gasteiger partial charge on any atom is 0.373 e. The van der Waals surface area contributed by atoms with Crippen LogP contribution in [-0.4, -0.2) is 36.5 Å². The van der Waals surface area contributed by atoms with E-state index in [4.69, 9.17) is 9.15 Å². The summed E-state index contributed by atoms with van der Waals surface area (Å²) in [7, 11) is 1.27. The number of benzene rings is 1. The quantitative estimate of drug-likeness (QED) is 0.596. The van der Waals surface area contributed by atoms with Gasteiger partial charge >= 0.3 is 11.9 Å². The van der Waals surface area contributed by atoms with Gasteiger partial charge in [-0.15, -0.1) is 0 Å². The summed E-state index contributed by atoms with van der Waals surface area (Å²) in [5, 5.41) is 0. The summed E-state index contributed by atoms with van der Waals surface area (Å²) in [5.41, 5.74) is 2.95. The average molecular weight is 440 g/mol. The molecular weight excluding hydrogens is 410 g/mol. The van der Waals surface area contributed by atoms with E-state index in [-0.39, 0.29) is 36.5 Å². The second-order valence-corrected chi connectivity index (χ2v) is 8.40. The van der Waals surface area contributed by atoms with Gasteiger partial charge in [-0.1, -0.05) is 43.7 Å². The Morgan fingerprint density at radius 2 is 1.91 bits per heavy atom. The minimum atomic E-state index is -0.592. The van der Waals surface area contributed by atoms with Crippen molar-refractivity contribution in [2.45, 2.75) is 46.6 Å². The highest BCUT2D eigenvalue weighted by atomic mass is 16.5. The number of aryl methyl sites for hydroxylation is 1. The summed E-state index contributed by atoms with van der Waals surface area (Å²) >= 11 is 0. The second kappa shape index (κ2) is 9.85. The van der Waals surface area contributed by atoms with Crippen LogP contribution in [0.5, 0.6) is 0 Å². The van der Waals surface area contributed by atoms with E-state index >= 15 is 0 Å². The fraction of sp³-hybridized carbons (Fsp3) is 0.400. The molecule has 1 aliphatic rings. The van der Waals surface area contributed by atoms with E-state index in [1.807, 2.05) is 45.0 Å². The highest BCUT2D eigenvalue weighted by Crippen LogP contribution is 2.38. The maximum absolute atomic E-state index is 13.1. The molecule has 1 aliphatic heterocycles. The van der Waals surface area contributed by atoms with Gasteiger partial charge in [-0.05, 0) is 37.5 Å². The molecular formula is C25H29NO6. The molecule has 2 heterocycles. The number of carbonyl (C=O) groups is 3. The molecule has 0 spiro atoms. The molecule has 0 N–H and O–H groups in total. The van der Waals surface area contributed by atoms with Crippen molar-refractivity contribution >= 4 is 17.8 Å². The lowest BCUT2D eigenvalue weighted by atomic mass is 9.83. The Bertz CT molecular complexity index is 1050. The van der Waals surface area contributed by atoms with Crippen LogP contribution in [0.15, 0.2) is 52.1 Å². The van der Waals surface area contributed by atoms with E-state index in [0.717, 1.165) is 11.1 Å². The fourth-order valence-electron chi connectivity index (χ4n) is 3.79. The van der Waals surface area contributed by atoms with Crippen LogP contribution in [0.2, 0.25) is 0 Å². The molecule has 2 aromatic rings. The average Bonchev–Trinajstić information content (AvgIpc) is 3.22. The number of allylic oxidation sites excluding steroid dienone is 1. The van der Waals surface area contributed by atoms with Crippen molar-refractivity contribution in [2.24, 2.45) is 5.92 Å². The Hall–Kier alpha value is -3.35. The molecule has 170 valence electrons. The normalized spacial score (nSPS) is 16.5. The lowest BCUT2D eigenvalue weighted by Crippen LogP contribution is -2.38. The molecule has 3 rings (SSSR count). The first-order chi connectivity index (χ1) is 15.2. The van der Waals surface area contributed by atoms with E-state index in [9.17, 15) is 14.4 Å². The summed E-state index contributed by atoms with van der Waals surface area (Å²) in [6.45, 7) is 8.06. The monoisotopic (exact) mass is 439 g/mol. The molecule has 7 nitrogen and oxygen atoms in total. The zero-order valence-corrected chi connectivity index (χ0v) is 19.1. The molecule has 0 radical (unpaired) electrons. The van der Waals surface area contributed by atoms with Crippen molar-refractivity contribution in [3.05, 3.63) is 70.3 Å². The molecule has 32 heavy (non-hydrogen) atoms. The van der Waals surface area contributed by atoms with Crippen molar-refractivity contribution in [1.82, 2.24) is 4.90 Å². The molecule has 0 bridgehead atoms. The number of nitrogens with zero attached hydrogens (tertiary/aromatic N) is 1. The molecule has 0 saturated heterocycles. The van der Waals surface area contributed by atoms with Crippen LogP contribution >= 0.6 is 0 Å². The number of amides is 1. The molecule has 1 aromatic carbocycles. The number of furan rings is 1. The van der Waals surface area contributed by atoms with Gasteiger partial charge < -0.3 is 18.8 Å². The maximum atomic E-state index is 13.1. The third-order valence-corrected chi connectivity index (χ3v) is 5.40. The highest BCUT2D eigenvalue weighted by Gasteiger charge is 2.37. The lowest BCUT2D eigenvalue weighted by molar-refractivity contribution is -0.141. The first-order valence-corrected chi connectivity index (χ1v) is 10.6. The first-order valence-electron chi connectivity index (χ1n) is 10.6. The smallest absolute Gasteiger partial charge is 0.373 e. The Kier molecular flexibility index (Phi) is 7.18. The SMILES string of the molecule is COC(=O)c1ccc(CN2C(=O)CC(c3cccc(C)c3)C(C(=O)OCC(C)C)=C2C)o1. The Labute approximate surface area is 188 Å². The summed E-state index contributed by atoms with van der Waals surface area (Å²) in [6, 6.07) is 10.9. The van der Waals surface area contributed by atoms with Gasteiger partial charge in [0.25, 0.3) is 0 Å². The number of carbonyl (C=O) groups excluding carboxylic acids is 3. The van der Waals surface area contributed by atoms with E-state index in [1.54, 1.807) is 13.0 Å². The van der Waals surface area contributed by atoms with Gasteiger partial charge in [-0.25, -0.2) is 9.59 Å². The molecule has 1 atom stereocenters. The topological polar surface area (TPSA) is 86.0 Å². The Balaban J connectivity index is 1.97. The zero-order chi connectivity index (χ0) is 23.4. The Morgan fingerprint density at radius 1 is 1.16 bits per heavy atom. The fourth-order valence-corrected chi connectivity index (χ4v) is 3.79. The van der Waals surface area contributed by atoms with Gasteiger partial charge in [0.05, 0.1) is 25.8 Å². The Morgan fingerprint density at radius 3 is 2.56 bits per heavy atom. The number of rotatable bonds is 7. The van der Waals surface area contributed by atoms with Crippen LogP contribution in [0.1, 0.15) is 60.6 Å². The van der Waals surface area contributed by atoms with E-state index in [2.05, 4.69) is 4.74 Å². The van der Waals surface area contributed by atoms with E-state index in [1.165, 1.54) is 18.1 Å². The van der Waals surface area contributed by atoms with Crippen LogP contribution in [0, 0.1) is 12.8 Å². The van der Waals surface area contributed by atoms with Crippen molar-refractivity contribution in [3.63, 3.8) is 0 Å². The zero-order valence-electron chi connectivity index (χ0n) is 19.1. The predicted molar refractivity (Wildman–Crippen MR) is 118 cm³/mol. The minimum absolute atomic E-state index is 0.0581. The summed E-state index contributed by atoms with van der Waals surface area (Å²) in [6.07, 6.45) is 0.136. The van der Waals surface area contributed by atoms with Crippen molar-refractivity contribution in [3.8, 4) is 0 Å². The molecule has 1 aromatic heterocycles. The number of ether oxygens (including phenoxy) is 2. The predicted octanol–water partition coefficient (Wildman–Crippen LogP) is 4.36. The number of hydrogen-bond donors (Lipinski definition) is 0. The summed E-state index contributed by atoms with van der Waals surface area (Å²) in [5.74, 6) is -0.866. The molecule has 1 unspecified atom stereocenters. The van der Waals surface area contributed by atoms with Gasteiger partial charge in [0.1, 0.15) is 5.76 Å². The second-order valence-electron chi connectivity index (χ2n) is 8.40. The standard InChI is InChI=1S/C25H29NO6/c1-15(2)14-31-25(29)23-17(4)26(13-19-9-10-21(32-19)24(28)30-5)22(27)12-20(23)18-8-6-7-16(3)11-18/h6-11,15,20H,12-14H2,1-5H3. The van der Waals surface area contributed by atoms with Gasteiger partial charge in [0, 0.05) is 18.0 Å². The van der Waals surface area contributed by atoms with Crippen molar-refractivity contribution < 1.29 is 28.3 Å². The molecule has 0 aliphatic carbocycles. The highest BCUT2D eigenvalue weighted by molar-refractivity contribution is 5.96. The number of methoxy groups -OCH3 is 1. The molecule has 0 saturated carbocycles. The van der Waals surface area contributed by atoms with Crippen molar-refractivity contribution in [1.29, 1.82) is 0 Å². The minimum Gasteiger partial charge on any atom is -0.463 e. The number of esters is 2.